The summed E-state index contributed by atoms with van der Waals surface area (Å²) >= 11 is 0. The standard InChI is InChI=1S/C14H25BN2O/c1-3-4-9-16-10-5-6-14(13-16)7-11-17(12-8-14)15(2)18/h1,18H,4-13H2,2H3. The highest BCUT2D eigenvalue weighted by molar-refractivity contribution is 6.45. The van der Waals surface area contributed by atoms with Gasteiger partial charge in [0, 0.05) is 19.5 Å². The van der Waals surface area contributed by atoms with E-state index in [9.17, 15) is 5.02 Å². The Labute approximate surface area is 112 Å². The molecule has 0 bridgehead atoms. The van der Waals surface area contributed by atoms with E-state index < -0.39 is 0 Å². The van der Waals surface area contributed by atoms with Crippen LogP contribution in [0.1, 0.15) is 32.1 Å². The first-order chi connectivity index (χ1) is 8.65. The lowest BCUT2D eigenvalue weighted by atomic mass is 9.69. The molecule has 2 saturated heterocycles. The molecule has 0 amide bonds. The molecule has 0 radical (unpaired) electrons. The average molecular weight is 248 g/mol. The van der Waals surface area contributed by atoms with E-state index in [-0.39, 0.29) is 7.05 Å². The third-order valence-electron chi connectivity index (χ3n) is 4.70. The average Bonchev–Trinajstić information content (AvgIpc) is 2.37. The molecular weight excluding hydrogens is 223 g/mol. The second kappa shape index (κ2) is 6.10. The number of hydrogen-bond donors (Lipinski definition) is 1. The SMILES string of the molecule is C#CCCN1CCCC2(CCN(B(C)O)CC2)C1. The van der Waals surface area contributed by atoms with Crippen LogP contribution in [0.4, 0.5) is 0 Å². The molecule has 0 unspecified atom stereocenters. The zero-order chi connectivity index (χ0) is 13.0. The Hall–Kier alpha value is -0.495. The van der Waals surface area contributed by atoms with Crippen LogP contribution in [0.15, 0.2) is 0 Å². The molecule has 0 aromatic rings. The van der Waals surface area contributed by atoms with E-state index >= 15 is 0 Å². The monoisotopic (exact) mass is 248 g/mol. The maximum atomic E-state index is 9.63. The van der Waals surface area contributed by atoms with Gasteiger partial charge in [-0.15, -0.1) is 12.3 Å². The molecule has 2 aliphatic rings. The predicted octanol–water partition coefficient (Wildman–Crippen LogP) is 1.30. The van der Waals surface area contributed by atoms with Crippen molar-refractivity contribution in [2.75, 3.05) is 32.7 Å². The summed E-state index contributed by atoms with van der Waals surface area (Å²) in [4.78, 5) is 4.73. The van der Waals surface area contributed by atoms with Crippen molar-refractivity contribution in [1.29, 1.82) is 0 Å². The Morgan fingerprint density at radius 3 is 2.61 bits per heavy atom. The van der Waals surface area contributed by atoms with Gasteiger partial charge in [-0.1, -0.05) is 0 Å². The third-order valence-corrected chi connectivity index (χ3v) is 4.70. The van der Waals surface area contributed by atoms with Crippen LogP contribution in [0.25, 0.3) is 0 Å². The van der Waals surface area contributed by atoms with Crippen LogP contribution in [0.2, 0.25) is 6.82 Å². The third kappa shape index (κ3) is 3.29. The number of hydrogen-bond acceptors (Lipinski definition) is 3. The van der Waals surface area contributed by atoms with Gasteiger partial charge in [0.25, 0.3) is 0 Å². The Morgan fingerprint density at radius 2 is 2.00 bits per heavy atom. The van der Waals surface area contributed by atoms with Gasteiger partial charge in [-0.2, -0.15) is 0 Å². The van der Waals surface area contributed by atoms with E-state index in [4.69, 9.17) is 6.42 Å². The van der Waals surface area contributed by atoms with Crippen LogP contribution in [0.5, 0.6) is 0 Å². The topological polar surface area (TPSA) is 26.7 Å². The lowest BCUT2D eigenvalue weighted by molar-refractivity contribution is 0.0408. The van der Waals surface area contributed by atoms with Gasteiger partial charge in [-0.05, 0) is 57.6 Å². The molecule has 0 aromatic carbocycles. The fourth-order valence-corrected chi connectivity index (χ4v) is 3.50. The Bertz CT molecular complexity index is 305. The largest absolute Gasteiger partial charge is 0.437 e. The van der Waals surface area contributed by atoms with Crippen molar-refractivity contribution in [3.8, 4) is 12.3 Å². The van der Waals surface area contributed by atoms with Crippen LogP contribution >= 0.6 is 0 Å². The van der Waals surface area contributed by atoms with Crippen molar-refractivity contribution in [3.05, 3.63) is 0 Å². The molecule has 4 heteroatoms. The first-order valence-electron chi connectivity index (χ1n) is 7.23. The molecule has 2 fully saturated rings. The zero-order valence-corrected chi connectivity index (χ0v) is 11.6. The molecule has 18 heavy (non-hydrogen) atoms. The first-order valence-corrected chi connectivity index (χ1v) is 7.23. The predicted molar refractivity (Wildman–Crippen MR) is 76.2 cm³/mol. The van der Waals surface area contributed by atoms with Gasteiger partial charge < -0.3 is 14.7 Å². The summed E-state index contributed by atoms with van der Waals surface area (Å²) in [6.45, 7) is 7.43. The minimum Gasteiger partial charge on any atom is -0.437 e. The first kappa shape index (κ1) is 13.9. The summed E-state index contributed by atoms with van der Waals surface area (Å²) in [6, 6.07) is 0. The van der Waals surface area contributed by atoms with E-state index in [0.29, 0.717) is 5.41 Å². The minimum atomic E-state index is -0.288. The Balaban J connectivity index is 1.87. The van der Waals surface area contributed by atoms with E-state index in [0.717, 1.165) is 26.1 Å². The Morgan fingerprint density at radius 1 is 1.28 bits per heavy atom. The van der Waals surface area contributed by atoms with Crippen molar-refractivity contribution < 1.29 is 5.02 Å². The highest BCUT2D eigenvalue weighted by atomic mass is 16.2. The minimum absolute atomic E-state index is 0.288. The number of likely N-dealkylation sites (tertiary alicyclic amines) is 1. The second-order valence-electron chi connectivity index (χ2n) is 6.00. The highest BCUT2D eigenvalue weighted by Gasteiger charge is 2.39. The van der Waals surface area contributed by atoms with Crippen LogP contribution in [-0.2, 0) is 0 Å². The molecule has 100 valence electrons. The van der Waals surface area contributed by atoms with Crippen molar-refractivity contribution in [3.63, 3.8) is 0 Å². The van der Waals surface area contributed by atoms with E-state index in [1.54, 1.807) is 0 Å². The van der Waals surface area contributed by atoms with Gasteiger partial charge in [0.2, 0.25) is 0 Å². The lowest BCUT2D eigenvalue weighted by Gasteiger charge is -2.48. The molecule has 0 aromatic heterocycles. The molecule has 0 saturated carbocycles. The maximum Gasteiger partial charge on any atom is 0.376 e. The fourth-order valence-electron chi connectivity index (χ4n) is 3.50. The zero-order valence-electron chi connectivity index (χ0n) is 11.6. The van der Waals surface area contributed by atoms with Crippen LogP contribution in [-0.4, -0.2) is 54.5 Å². The van der Waals surface area contributed by atoms with Crippen LogP contribution in [0, 0.1) is 17.8 Å². The van der Waals surface area contributed by atoms with Crippen molar-refractivity contribution in [2.24, 2.45) is 5.41 Å². The summed E-state index contributed by atoms with van der Waals surface area (Å²) < 4.78 is 0. The van der Waals surface area contributed by atoms with Crippen molar-refractivity contribution in [2.45, 2.75) is 38.9 Å². The van der Waals surface area contributed by atoms with Gasteiger partial charge in [-0.25, -0.2) is 0 Å². The quantitative estimate of drug-likeness (QED) is 0.602. The van der Waals surface area contributed by atoms with Crippen molar-refractivity contribution >= 4 is 7.05 Å². The number of piperidine rings is 2. The molecular formula is C14H25BN2O. The van der Waals surface area contributed by atoms with Gasteiger partial charge in [0.1, 0.15) is 0 Å². The number of nitrogens with zero attached hydrogens (tertiary/aromatic N) is 2. The smallest absolute Gasteiger partial charge is 0.376 e. The summed E-state index contributed by atoms with van der Waals surface area (Å²) in [5, 5.41) is 9.63. The van der Waals surface area contributed by atoms with Gasteiger partial charge >= 0.3 is 7.05 Å². The van der Waals surface area contributed by atoms with Gasteiger partial charge in [-0.3, -0.25) is 0 Å². The number of terminal acetylenes is 1. The molecule has 1 spiro atoms. The molecule has 3 nitrogen and oxygen atoms in total. The molecule has 2 rings (SSSR count). The molecule has 0 atom stereocenters. The van der Waals surface area contributed by atoms with Gasteiger partial charge in [0.15, 0.2) is 0 Å². The van der Waals surface area contributed by atoms with E-state index in [1.165, 1.54) is 38.8 Å². The van der Waals surface area contributed by atoms with Crippen LogP contribution in [0.3, 0.4) is 0 Å². The van der Waals surface area contributed by atoms with Crippen molar-refractivity contribution in [1.82, 2.24) is 9.71 Å². The summed E-state index contributed by atoms with van der Waals surface area (Å²) in [6.07, 6.45) is 11.3. The van der Waals surface area contributed by atoms with E-state index in [1.807, 2.05) is 6.82 Å². The summed E-state index contributed by atoms with van der Waals surface area (Å²) in [5.41, 5.74) is 0.498. The number of rotatable bonds is 3. The van der Waals surface area contributed by atoms with E-state index in [2.05, 4.69) is 15.6 Å². The molecule has 0 aliphatic carbocycles. The summed E-state index contributed by atoms with van der Waals surface area (Å²) in [5.74, 6) is 2.75. The molecule has 2 aliphatic heterocycles. The summed E-state index contributed by atoms with van der Waals surface area (Å²) in [7, 11) is -0.288. The second-order valence-corrected chi connectivity index (χ2v) is 6.00. The fraction of sp³-hybridized carbons (Fsp3) is 0.857. The maximum absolute atomic E-state index is 9.63. The normalized spacial score (nSPS) is 24.9. The van der Waals surface area contributed by atoms with Gasteiger partial charge in [0.05, 0.1) is 0 Å². The van der Waals surface area contributed by atoms with Crippen LogP contribution < -0.4 is 0 Å². The molecule has 2 heterocycles. The molecule has 1 N–H and O–H groups in total. The highest BCUT2D eigenvalue weighted by Crippen LogP contribution is 2.39. The Kier molecular flexibility index (Phi) is 4.72. The lowest BCUT2D eigenvalue weighted by Crippen LogP contribution is -2.52.